The molecule has 0 fully saturated rings. The third-order valence-electron chi connectivity index (χ3n) is 3.21. The van der Waals surface area contributed by atoms with E-state index < -0.39 is 6.10 Å². The lowest BCUT2D eigenvalue weighted by Crippen LogP contribution is -2.34. The Morgan fingerprint density at radius 1 is 1.33 bits per heavy atom. The van der Waals surface area contributed by atoms with Crippen molar-refractivity contribution in [1.29, 1.82) is 0 Å². The summed E-state index contributed by atoms with van der Waals surface area (Å²) in [4.78, 5) is 11.6. The van der Waals surface area contributed by atoms with Gasteiger partial charge >= 0.3 is 0 Å². The van der Waals surface area contributed by atoms with Crippen molar-refractivity contribution in [1.82, 2.24) is 5.32 Å². The Bertz CT molecular complexity index is 239. The Morgan fingerprint density at radius 2 is 1.94 bits per heavy atom. The molecule has 0 aliphatic rings. The summed E-state index contributed by atoms with van der Waals surface area (Å²) in [7, 11) is 0. The third-order valence-corrected chi connectivity index (χ3v) is 3.21. The molecule has 0 aliphatic heterocycles. The van der Waals surface area contributed by atoms with Crippen LogP contribution in [0.25, 0.3) is 0 Å². The zero-order valence-electron chi connectivity index (χ0n) is 11.8. The van der Waals surface area contributed by atoms with Crippen molar-refractivity contribution in [2.45, 2.75) is 46.1 Å². The zero-order valence-corrected chi connectivity index (χ0v) is 11.8. The summed E-state index contributed by atoms with van der Waals surface area (Å²) in [6, 6.07) is 0. The molecule has 0 radical (unpaired) electrons. The predicted octanol–water partition coefficient (Wildman–Crippen LogP) is 0.247. The zero-order chi connectivity index (χ0) is 14.2. The van der Waals surface area contributed by atoms with Gasteiger partial charge in [0.15, 0.2) is 0 Å². The van der Waals surface area contributed by atoms with E-state index in [-0.39, 0.29) is 24.5 Å². The van der Waals surface area contributed by atoms with Gasteiger partial charge in [-0.15, -0.1) is 0 Å². The Balaban J connectivity index is 4.00. The second-order valence-electron chi connectivity index (χ2n) is 5.82. The van der Waals surface area contributed by atoms with E-state index in [1.54, 1.807) is 0 Å². The fraction of sp³-hybridized carbons (Fsp3) is 0.923. The SMILES string of the molecule is CC(C)(C)C(CCN)CCC(=O)NCC(O)CO. The molecule has 2 unspecified atom stereocenters. The molecule has 0 aliphatic carbocycles. The van der Waals surface area contributed by atoms with E-state index in [1.165, 1.54) is 0 Å². The number of nitrogens with one attached hydrogen (secondary N) is 1. The van der Waals surface area contributed by atoms with Crippen molar-refractivity contribution in [3.05, 3.63) is 0 Å². The van der Waals surface area contributed by atoms with Crippen molar-refractivity contribution in [3.8, 4) is 0 Å². The van der Waals surface area contributed by atoms with Crippen LogP contribution in [0.5, 0.6) is 0 Å². The van der Waals surface area contributed by atoms with E-state index >= 15 is 0 Å². The van der Waals surface area contributed by atoms with Crippen LogP contribution in [0.4, 0.5) is 0 Å². The molecule has 0 aromatic carbocycles. The number of hydrogen-bond donors (Lipinski definition) is 4. The van der Waals surface area contributed by atoms with Gasteiger partial charge < -0.3 is 21.3 Å². The topological polar surface area (TPSA) is 95.6 Å². The fourth-order valence-corrected chi connectivity index (χ4v) is 1.90. The van der Waals surface area contributed by atoms with E-state index in [9.17, 15) is 4.79 Å². The van der Waals surface area contributed by atoms with Gasteiger partial charge in [0.05, 0.1) is 12.7 Å². The van der Waals surface area contributed by atoms with Crippen molar-refractivity contribution in [2.75, 3.05) is 19.7 Å². The summed E-state index contributed by atoms with van der Waals surface area (Å²) < 4.78 is 0. The molecule has 0 rings (SSSR count). The molecule has 0 spiro atoms. The minimum atomic E-state index is -0.878. The van der Waals surface area contributed by atoms with Crippen molar-refractivity contribution < 1.29 is 15.0 Å². The quantitative estimate of drug-likeness (QED) is 0.503. The molecular formula is C13H28N2O3. The predicted molar refractivity (Wildman–Crippen MR) is 72.0 cm³/mol. The normalized spacial score (nSPS) is 15.2. The number of nitrogens with two attached hydrogens (primary N) is 1. The van der Waals surface area contributed by atoms with Gasteiger partial charge in [0.2, 0.25) is 5.91 Å². The first kappa shape index (κ1) is 17.4. The van der Waals surface area contributed by atoms with Gasteiger partial charge in [-0.05, 0) is 30.7 Å². The molecule has 5 nitrogen and oxygen atoms in total. The van der Waals surface area contributed by atoms with Gasteiger partial charge in [-0.25, -0.2) is 0 Å². The largest absolute Gasteiger partial charge is 0.394 e. The second-order valence-corrected chi connectivity index (χ2v) is 5.82. The first-order chi connectivity index (χ1) is 8.31. The fourth-order valence-electron chi connectivity index (χ4n) is 1.90. The van der Waals surface area contributed by atoms with Gasteiger partial charge in [-0.2, -0.15) is 0 Å². The number of rotatable bonds is 8. The number of amides is 1. The smallest absolute Gasteiger partial charge is 0.220 e. The second kappa shape index (κ2) is 8.45. The highest BCUT2D eigenvalue weighted by Crippen LogP contribution is 2.31. The highest BCUT2D eigenvalue weighted by atomic mass is 16.3. The van der Waals surface area contributed by atoms with E-state index in [0.29, 0.717) is 18.9 Å². The summed E-state index contributed by atoms with van der Waals surface area (Å²) in [6.07, 6.45) is 1.26. The molecule has 1 amide bonds. The lowest BCUT2D eigenvalue weighted by atomic mass is 9.76. The van der Waals surface area contributed by atoms with Crippen molar-refractivity contribution in [3.63, 3.8) is 0 Å². The van der Waals surface area contributed by atoms with Crippen molar-refractivity contribution >= 4 is 5.91 Å². The molecule has 0 bridgehead atoms. The number of carbonyl (C=O) groups is 1. The van der Waals surface area contributed by atoms with Crippen LogP contribution < -0.4 is 11.1 Å². The lowest BCUT2D eigenvalue weighted by Gasteiger charge is -2.30. The molecule has 0 saturated heterocycles. The summed E-state index contributed by atoms with van der Waals surface area (Å²) in [5.41, 5.74) is 5.73. The number of aliphatic hydroxyl groups excluding tert-OH is 2. The molecule has 5 N–H and O–H groups in total. The number of carbonyl (C=O) groups excluding carboxylic acids is 1. The standard InChI is InChI=1S/C13H28N2O3/c1-13(2,3)10(6-7-14)4-5-12(18)15-8-11(17)9-16/h10-11,16-17H,4-9,14H2,1-3H3,(H,15,18). The van der Waals surface area contributed by atoms with Crippen LogP contribution >= 0.6 is 0 Å². The Morgan fingerprint density at radius 3 is 2.39 bits per heavy atom. The average molecular weight is 260 g/mol. The summed E-state index contributed by atoms with van der Waals surface area (Å²) in [5, 5.41) is 20.3. The Labute approximate surface area is 110 Å². The van der Waals surface area contributed by atoms with Gasteiger partial charge in [-0.3, -0.25) is 4.79 Å². The van der Waals surface area contributed by atoms with Crippen molar-refractivity contribution in [2.24, 2.45) is 17.1 Å². The average Bonchev–Trinajstić information content (AvgIpc) is 2.29. The maximum atomic E-state index is 11.6. The maximum Gasteiger partial charge on any atom is 0.220 e. The van der Waals surface area contributed by atoms with Crippen LogP contribution in [0.1, 0.15) is 40.0 Å². The molecule has 5 heteroatoms. The van der Waals surface area contributed by atoms with Gasteiger partial charge in [0, 0.05) is 13.0 Å². The number of hydrogen-bond acceptors (Lipinski definition) is 4. The van der Waals surface area contributed by atoms with Crippen LogP contribution in [0.3, 0.4) is 0 Å². The highest BCUT2D eigenvalue weighted by molar-refractivity contribution is 5.75. The molecular weight excluding hydrogens is 232 g/mol. The summed E-state index contributed by atoms with van der Waals surface area (Å²) in [5.74, 6) is 0.324. The molecule has 0 aromatic heterocycles. The molecule has 0 saturated carbocycles. The summed E-state index contributed by atoms with van der Waals surface area (Å²) in [6.45, 7) is 6.86. The van der Waals surface area contributed by atoms with Gasteiger partial charge in [-0.1, -0.05) is 20.8 Å². The first-order valence-electron chi connectivity index (χ1n) is 6.57. The van der Waals surface area contributed by atoms with E-state index in [2.05, 4.69) is 26.1 Å². The lowest BCUT2D eigenvalue weighted by molar-refractivity contribution is -0.122. The van der Waals surface area contributed by atoms with Crippen LogP contribution in [0, 0.1) is 11.3 Å². The Kier molecular flexibility index (Phi) is 8.15. The monoisotopic (exact) mass is 260 g/mol. The van der Waals surface area contributed by atoms with Gasteiger partial charge in [0.1, 0.15) is 0 Å². The van der Waals surface area contributed by atoms with Gasteiger partial charge in [0.25, 0.3) is 0 Å². The first-order valence-corrected chi connectivity index (χ1v) is 6.57. The minimum absolute atomic E-state index is 0.0891. The highest BCUT2D eigenvalue weighted by Gasteiger charge is 2.24. The van der Waals surface area contributed by atoms with Crippen LogP contribution in [-0.2, 0) is 4.79 Å². The minimum Gasteiger partial charge on any atom is -0.394 e. The van der Waals surface area contributed by atoms with E-state index in [0.717, 1.165) is 12.8 Å². The Hall–Kier alpha value is -0.650. The van der Waals surface area contributed by atoms with Crippen LogP contribution in [-0.4, -0.2) is 41.9 Å². The molecule has 0 aromatic rings. The summed E-state index contributed by atoms with van der Waals surface area (Å²) >= 11 is 0. The molecule has 0 heterocycles. The molecule has 108 valence electrons. The maximum absolute atomic E-state index is 11.6. The van der Waals surface area contributed by atoms with E-state index in [4.69, 9.17) is 15.9 Å². The molecule has 2 atom stereocenters. The molecule has 18 heavy (non-hydrogen) atoms. The number of aliphatic hydroxyl groups is 2. The van der Waals surface area contributed by atoms with E-state index in [1.807, 2.05) is 0 Å². The third kappa shape index (κ3) is 7.63. The van der Waals surface area contributed by atoms with Crippen LogP contribution in [0.15, 0.2) is 0 Å². The van der Waals surface area contributed by atoms with Crippen LogP contribution in [0.2, 0.25) is 0 Å².